The van der Waals surface area contributed by atoms with Gasteiger partial charge in [-0.15, -0.1) is 10.2 Å². The van der Waals surface area contributed by atoms with E-state index >= 15 is 0 Å². The minimum atomic E-state index is -0.589. The average Bonchev–Trinajstić information content (AvgIpc) is 3.17. The largest absolute Gasteiger partial charge is 0.456 e. The summed E-state index contributed by atoms with van der Waals surface area (Å²) in [6, 6.07) is 10.5. The van der Waals surface area contributed by atoms with Gasteiger partial charge < -0.3 is 14.5 Å². The second-order valence-electron chi connectivity index (χ2n) is 6.32. The summed E-state index contributed by atoms with van der Waals surface area (Å²) in [5.74, 6) is -0.511. The van der Waals surface area contributed by atoms with E-state index in [0.29, 0.717) is 16.8 Å². The molecule has 0 saturated carbocycles. The van der Waals surface area contributed by atoms with Crippen molar-refractivity contribution in [3.05, 3.63) is 62.9 Å². The Kier molecular flexibility index (Phi) is 7.31. The van der Waals surface area contributed by atoms with Crippen LogP contribution in [0.25, 0.3) is 11.5 Å². The molecule has 1 aromatic heterocycles. The predicted molar refractivity (Wildman–Crippen MR) is 114 cm³/mol. The maximum Gasteiger partial charge on any atom is 0.306 e. The van der Waals surface area contributed by atoms with Crippen LogP contribution >= 0.6 is 34.8 Å². The Morgan fingerprint density at radius 1 is 1.07 bits per heavy atom. The third-order valence-corrected chi connectivity index (χ3v) is 4.76. The number of nitrogens with zero attached hydrogens (tertiary/aromatic N) is 2. The topological polar surface area (TPSA) is 94.3 Å². The summed E-state index contributed by atoms with van der Waals surface area (Å²) < 4.78 is 10.5. The molecule has 0 atom stereocenters. The zero-order chi connectivity index (χ0) is 21.7. The molecule has 156 valence electrons. The molecule has 30 heavy (non-hydrogen) atoms. The van der Waals surface area contributed by atoms with E-state index in [4.69, 9.17) is 44.0 Å². The van der Waals surface area contributed by atoms with Crippen LogP contribution in [0.1, 0.15) is 17.9 Å². The van der Waals surface area contributed by atoms with E-state index in [1.165, 1.54) is 12.1 Å². The van der Waals surface area contributed by atoms with E-state index < -0.39 is 18.5 Å². The molecule has 3 aromatic rings. The molecule has 1 N–H and O–H groups in total. The molecule has 0 aliphatic carbocycles. The van der Waals surface area contributed by atoms with Crippen LogP contribution in [0.15, 0.2) is 40.8 Å². The molecule has 10 heteroatoms. The summed E-state index contributed by atoms with van der Waals surface area (Å²) in [6.45, 7) is 1.49. The van der Waals surface area contributed by atoms with E-state index in [1.807, 2.05) is 31.2 Å². The maximum absolute atomic E-state index is 12.0. The number of esters is 1. The van der Waals surface area contributed by atoms with Gasteiger partial charge in [-0.25, -0.2) is 0 Å². The zero-order valence-electron chi connectivity index (χ0n) is 15.7. The number of benzene rings is 2. The maximum atomic E-state index is 12.0. The van der Waals surface area contributed by atoms with Crippen LogP contribution in [-0.2, 0) is 20.7 Å². The van der Waals surface area contributed by atoms with Crippen LogP contribution in [0, 0.1) is 6.92 Å². The SMILES string of the molecule is Cc1ccc(-c2nnc(CCC(=O)OCC(=O)Nc3c(Cl)cc(Cl)cc3Cl)o2)cc1. The summed E-state index contributed by atoms with van der Waals surface area (Å²) in [4.78, 5) is 23.9. The number of ether oxygens (including phenoxy) is 1. The first kappa shape index (κ1) is 22.1. The van der Waals surface area contributed by atoms with Gasteiger partial charge in [0.05, 0.1) is 22.2 Å². The molecule has 7 nitrogen and oxygen atoms in total. The van der Waals surface area contributed by atoms with Crippen molar-refractivity contribution in [1.82, 2.24) is 10.2 Å². The van der Waals surface area contributed by atoms with Crippen molar-refractivity contribution < 1.29 is 18.7 Å². The zero-order valence-corrected chi connectivity index (χ0v) is 18.0. The normalized spacial score (nSPS) is 10.7. The van der Waals surface area contributed by atoms with Gasteiger partial charge in [-0.1, -0.05) is 52.5 Å². The molecule has 2 aromatic carbocycles. The molecule has 0 saturated heterocycles. The number of amides is 1. The first-order valence-corrected chi connectivity index (χ1v) is 9.94. The van der Waals surface area contributed by atoms with Crippen LogP contribution in [0.4, 0.5) is 5.69 Å². The highest BCUT2D eigenvalue weighted by Gasteiger charge is 2.15. The van der Waals surface area contributed by atoms with Gasteiger partial charge in [-0.2, -0.15) is 0 Å². The lowest BCUT2D eigenvalue weighted by Gasteiger charge is -2.10. The molecule has 1 amide bonds. The highest BCUT2D eigenvalue weighted by Crippen LogP contribution is 2.33. The van der Waals surface area contributed by atoms with Crippen LogP contribution in [0.3, 0.4) is 0 Å². The fraction of sp³-hybridized carbons (Fsp3) is 0.200. The van der Waals surface area contributed by atoms with E-state index in [2.05, 4.69) is 15.5 Å². The summed E-state index contributed by atoms with van der Waals surface area (Å²) in [5.41, 5.74) is 2.10. The minimum absolute atomic E-state index is 0.0226. The van der Waals surface area contributed by atoms with Crippen molar-refractivity contribution in [2.24, 2.45) is 0 Å². The lowest BCUT2D eigenvalue weighted by molar-refractivity contribution is -0.147. The smallest absolute Gasteiger partial charge is 0.306 e. The summed E-state index contributed by atoms with van der Waals surface area (Å²) >= 11 is 17.8. The number of carbonyl (C=O) groups excluding carboxylic acids is 2. The van der Waals surface area contributed by atoms with E-state index in [9.17, 15) is 9.59 Å². The van der Waals surface area contributed by atoms with Gasteiger partial charge in [-0.3, -0.25) is 9.59 Å². The van der Waals surface area contributed by atoms with Gasteiger partial charge in [0.2, 0.25) is 11.8 Å². The van der Waals surface area contributed by atoms with Crippen LogP contribution in [0.5, 0.6) is 0 Å². The molecule has 0 radical (unpaired) electrons. The monoisotopic (exact) mass is 467 g/mol. The first-order chi connectivity index (χ1) is 14.3. The van der Waals surface area contributed by atoms with Gasteiger partial charge in [0.1, 0.15) is 0 Å². The Balaban J connectivity index is 1.46. The van der Waals surface area contributed by atoms with Crippen LogP contribution in [-0.4, -0.2) is 28.7 Å². The molecular weight excluding hydrogens is 453 g/mol. The Hall–Kier alpha value is -2.61. The number of nitrogens with one attached hydrogen (secondary N) is 1. The lowest BCUT2D eigenvalue weighted by Crippen LogP contribution is -2.21. The number of aromatic nitrogens is 2. The van der Waals surface area contributed by atoms with Crippen molar-refractivity contribution in [1.29, 1.82) is 0 Å². The van der Waals surface area contributed by atoms with Gasteiger partial charge in [0.25, 0.3) is 5.91 Å². The van der Waals surface area contributed by atoms with E-state index in [0.717, 1.165) is 11.1 Å². The second kappa shape index (κ2) is 9.93. The quantitative estimate of drug-likeness (QED) is 0.484. The Morgan fingerprint density at radius 3 is 2.40 bits per heavy atom. The van der Waals surface area contributed by atoms with Crippen molar-refractivity contribution in [3.8, 4) is 11.5 Å². The first-order valence-electron chi connectivity index (χ1n) is 8.81. The standard InChI is InChI=1S/C20H16Cl3N3O4/c1-11-2-4-12(5-3-11)20-26-25-17(30-20)6-7-18(28)29-10-16(27)24-19-14(22)8-13(21)9-15(19)23/h2-5,8-9H,6-7,10H2,1H3,(H,24,27). The van der Waals surface area contributed by atoms with Crippen molar-refractivity contribution in [2.75, 3.05) is 11.9 Å². The van der Waals surface area contributed by atoms with Gasteiger partial charge in [0.15, 0.2) is 6.61 Å². The Morgan fingerprint density at radius 2 is 1.73 bits per heavy atom. The molecular formula is C20H16Cl3N3O4. The fourth-order valence-electron chi connectivity index (χ4n) is 2.43. The Labute approximate surface area is 187 Å². The Bertz CT molecular complexity index is 1040. The summed E-state index contributed by atoms with van der Waals surface area (Å²) in [5, 5.41) is 11.1. The number of rotatable bonds is 7. The number of aryl methyl sites for hydroxylation is 2. The molecule has 3 rings (SSSR count). The molecule has 0 aliphatic rings. The molecule has 0 aliphatic heterocycles. The predicted octanol–water partition coefficient (Wildman–Crippen LogP) is 5.12. The number of carbonyl (C=O) groups is 2. The second-order valence-corrected chi connectivity index (χ2v) is 7.57. The molecule has 0 fully saturated rings. The lowest BCUT2D eigenvalue weighted by atomic mass is 10.1. The number of anilines is 1. The van der Waals surface area contributed by atoms with Crippen molar-refractivity contribution in [3.63, 3.8) is 0 Å². The van der Waals surface area contributed by atoms with E-state index in [1.54, 1.807) is 0 Å². The summed E-state index contributed by atoms with van der Waals surface area (Å²) in [7, 11) is 0. The number of hydrogen-bond acceptors (Lipinski definition) is 6. The van der Waals surface area contributed by atoms with Gasteiger partial charge in [-0.05, 0) is 31.2 Å². The number of halogens is 3. The third kappa shape index (κ3) is 5.95. The molecule has 1 heterocycles. The minimum Gasteiger partial charge on any atom is -0.456 e. The average molecular weight is 469 g/mol. The molecule has 0 spiro atoms. The molecule has 0 bridgehead atoms. The van der Waals surface area contributed by atoms with Crippen LogP contribution < -0.4 is 5.32 Å². The van der Waals surface area contributed by atoms with Gasteiger partial charge in [0, 0.05) is 17.0 Å². The van der Waals surface area contributed by atoms with Crippen molar-refractivity contribution in [2.45, 2.75) is 19.8 Å². The molecule has 0 unspecified atom stereocenters. The van der Waals surface area contributed by atoms with Gasteiger partial charge >= 0.3 is 5.97 Å². The number of hydrogen-bond donors (Lipinski definition) is 1. The fourth-order valence-corrected chi connectivity index (χ4v) is 3.34. The van der Waals surface area contributed by atoms with E-state index in [-0.39, 0.29) is 28.6 Å². The highest BCUT2D eigenvalue weighted by atomic mass is 35.5. The van der Waals surface area contributed by atoms with Crippen molar-refractivity contribution >= 4 is 52.4 Å². The third-order valence-electron chi connectivity index (χ3n) is 3.94. The summed E-state index contributed by atoms with van der Waals surface area (Å²) in [6.07, 6.45) is 0.166. The highest BCUT2D eigenvalue weighted by molar-refractivity contribution is 6.42. The van der Waals surface area contributed by atoms with Crippen LogP contribution in [0.2, 0.25) is 15.1 Å².